The van der Waals surface area contributed by atoms with Gasteiger partial charge in [-0.1, -0.05) is 0 Å². The lowest BCUT2D eigenvalue weighted by atomic mass is 10.3. The van der Waals surface area contributed by atoms with Crippen molar-refractivity contribution in [1.29, 1.82) is 0 Å². The van der Waals surface area contributed by atoms with Gasteiger partial charge in [-0.3, -0.25) is 9.78 Å². The van der Waals surface area contributed by atoms with Gasteiger partial charge in [-0.25, -0.2) is 9.67 Å². The number of nitrogens with zero attached hydrogens (tertiary/aromatic N) is 4. The van der Waals surface area contributed by atoms with Crippen LogP contribution in [0.2, 0.25) is 0 Å². The highest BCUT2D eigenvalue weighted by Gasteiger charge is 2.22. The van der Waals surface area contributed by atoms with Crippen LogP contribution < -0.4 is 10.1 Å². The number of thiazole rings is 1. The van der Waals surface area contributed by atoms with Gasteiger partial charge < -0.3 is 10.1 Å². The Bertz CT molecular complexity index is 1120. The first-order chi connectivity index (χ1) is 13.5. The number of carbonyl (C=O) groups excluding carboxylic acids is 1. The molecule has 142 valence electrons. The van der Waals surface area contributed by atoms with Crippen molar-refractivity contribution in [2.75, 3.05) is 5.32 Å². The lowest BCUT2D eigenvalue weighted by Gasteiger charge is -2.09. The Hall–Kier alpha value is -3.04. The highest BCUT2D eigenvalue weighted by molar-refractivity contribution is 7.17. The van der Waals surface area contributed by atoms with E-state index in [0.717, 1.165) is 10.6 Å². The number of hydrogen-bond donors (Lipinski definition) is 1. The van der Waals surface area contributed by atoms with Crippen molar-refractivity contribution in [3.8, 4) is 22.2 Å². The van der Waals surface area contributed by atoms with E-state index in [4.69, 9.17) is 4.74 Å². The predicted molar refractivity (Wildman–Crippen MR) is 110 cm³/mol. The topological polar surface area (TPSA) is 81.9 Å². The molecule has 0 aliphatic rings. The molecule has 4 aromatic heterocycles. The number of carbonyl (C=O) groups is 1. The molecule has 0 unspecified atom stereocenters. The van der Waals surface area contributed by atoms with Crippen molar-refractivity contribution >= 4 is 34.3 Å². The summed E-state index contributed by atoms with van der Waals surface area (Å²) in [5.74, 6) is 0.775. The van der Waals surface area contributed by atoms with Crippen LogP contribution in [0.25, 0.3) is 10.6 Å². The van der Waals surface area contributed by atoms with Crippen LogP contribution in [-0.2, 0) is 7.05 Å². The Morgan fingerprint density at radius 3 is 2.82 bits per heavy atom. The van der Waals surface area contributed by atoms with Gasteiger partial charge in [0, 0.05) is 24.2 Å². The second-order valence-electron chi connectivity index (χ2n) is 6.08. The summed E-state index contributed by atoms with van der Waals surface area (Å²) in [6.45, 7) is 3.66. The maximum Gasteiger partial charge on any atom is 0.267 e. The molecule has 0 saturated carbocycles. The number of anilines is 1. The zero-order valence-corrected chi connectivity index (χ0v) is 17.1. The summed E-state index contributed by atoms with van der Waals surface area (Å²) in [6, 6.07) is 5.57. The van der Waals surface area contributed by atoms with Crippen molar-refractivity contribution in [2.24, 2.45) is 7.05 Å². The smallest absolute Gasteiger partial charge is 0.267 e. The minimum Gasteiger partial charge on any atom is -0.436 e. The lowest BCUT2D eigenvalue weighted by molar-refractivity contribution is 0.102. The minimum atomic E-state index is -0.233. The van der Waals surface area contributed by atoms with E-state index < -0.39 is 0 Å². The van der Waals surface area contributed by atoms with Gasteiger partial charge in [0.2, 0.25) is 5.88 Å². The number of nitrogens with one attached hydrogen (secondary N) is 1. The average Bonchev–Trinajstić information content (AvgIpc) is 3.39. The standard InChI is InChI=1S/C19H17N5O2S2/c1-11-15(19(24(3)23-11)26-14-5-4-7-20-9-14)22-17(25)16-12(2)21-18(28-16)13-6-8-27-10-13/h4-10H,1-3H3,(H,22,25). The Labute approximate surface area is 169 Å². The van der Waals surface area contributed by atoms with Gasteiger partial charge in [0.25, 0.3) is 5.91 Å². The molecular formula is C19H17N5O2S2. The molecule has 4 aromatic rings. The second-order valence-corrected chi connectivity index (χ2v) is 7.86. The minimum absolute atomic E-state index is 0.233. The van der Waals surface area contributed by atoms with Gasteiger partial charge >= 0.3 is 0 Å². The molecule has 4 rings (SSSR count). The van der Waals surface area contributed by atoms with E-state index in [-0.39, 0.29) is 5.91 Å². The number of aromatic nitrogens is 4. The van der Waals surface area contributed by atoms with E-state index in [1.165, 1.54) is 11.3 Å². The molecule has 0 aliphatic heterocycles. The molecule has 4 heterocycles. The van der Waals surface area contributed by atoms with Crippen molar-refractivity contribution < 1.29 is 9.53 Å². The van der Waals surface area contributed by atoms with Crippen molar-refractivity contribution in [2.45, 2.75) is 13.8 Å². The maximum atomic E-state index is 12.9. The average molecular weight is 412 g/mol. The van der Waals surface area contributed by atoms with E-state index in [9.17, 15) is 4.79 Å². The quantitative estimate of drug-likeness (QED) is 0.516. The molecule has 0 bridgehead atoms. The molecular weight excluding hydrogens is 394 g/mol. The number of hydrogen-bond acceptors (Lipinski definition) is 7. The molecule has 1 amide bonds. The monoisotopic (exact) mass is 411 g/mol. The first-order valence-corrected chi connectivity index (χ1v) is 10.2. The number of thiophene rings is 1. The first-order valence-electron chi connectivity index (χ1n) is 8.45. The van der Waals surface area contributed by atoms with Gasteiger partial charge in [-0.15, -0.1) is 11.3 Å². The third-order valence-corrected chi connectivity index (χ3v) is 5.92. The number of rotatable bonds is 5. The molecule has 1 N–H and O–H groups in total. The van der Waals surface area contributed by atoms with Gasteiger partial charge in [0.05, 0.1) is 17.6 Å². The zero-order valence-electron chi connectivity index (χ0n) is 15.5. The summed E-state index contributed by atoms with van der Waals surface area (Å²) in [5.41, 5.74) is 2.91. The normalized spacial score (nSPS) is 10.8. The molecule has 0 atom stereocenters. The maximum absolute atomic E-state index is 12.9. The molecule has 9 heteroatoms. The van der Waals surface area contributed by atoms with Crippen molar-refractivity contribution in [1.82, 2.24) is 19.7 Å². The zero-order chi connectivity index (χ0) is 19.7. The number of aryl methyl sites for hydroxylation is 3. The Morgan fingerprint density at radius 2 is 2.11 bits per heavy atom. The van der Waals surface area contributed by atoms with Crippen LogP contribution in [0.4, 0.5) is 5.69 Å². The molecule has 0 aliphatic carbocycles. The van der Waals surface area contributed by atoms with Gasteiger partial charge in [0.15, 0.2) is 0 Å². The summed E-state index contributed by atoms with van der Waals surface area (Å²) >= 11 is 2.97. The fourth-order valence-electron chi connectivity index (χ4n) is 2.70. The van der Waals surface area contributed by atoms with Crippen LogP contribution >= 0.6 is 22.7 Å². The first kappa shape index (κ1) is 18.3. The summed E-state index contributed by atoms with van der Waals surface area (Å²) in [6.07, 6.45) is 3.27. The molecule has 28 heavy (non-hydrogen) atoms. The van der Waals surface area contributed by atoms with Crippen LogP contribution in [0.5, 0.6) is 11.6 Å². The largest absolute Gasteiger partial charge is 0.436 e. The van der Waals surface area contributed by atoms with E-state index >= 15 is 0 Å². The van der Waals surface area contributed by atoms with Gasteiger partial charge in [-0.05, 0) is 37.4 Å². The molecule has 0 radical (unpaired) electrons. The highest BCUT2D eigenvalue weighted by Crippen LogP contribution is 2.34. The summed E-state index contributed by atoms with van der Waals surface area (Å²) in [4.78, 5) is 22.1. The lowest BCUT2D eigenvalue weighted by Crippen LogP contribution is -2.12. The fraction of sp³-hybridized carbons (Fsp3) is 0.158. The molecule has 0 saturated heterocycles. The van der Waals surface area contributed by atoms with Crippen LogP contribution in [-0.4, -0.2) is 25.7 Å². The predicted octanol–water partition coefficient (Wildman–Crippen LogP) is 4.66. The molecule has 0 spiro atoms. The Balaban J connectivity index is 1.62. The van der Waals surface area contributed by atoms with E-state index in [2.05, 4.69) is 20.4 Å². The van der Waals surface area contributed by atoms with Crippen molar-refractivity contribution in [3.05, 3.63) is 57.6 Å². The van der Waals surface area contributed by atoms with Crippen LogP contribution in [0.1, 0.15) is 21.1 Å². The van der Waals surface area contributed by atoms with Gasteiger partial charge in [0.1, 0.15) is 21.3 Å². The SMILES string of the molecule is Cc1nc(-c2ccsc2)sc1C(=O)Nc1c(C)nn(C)c1Oc1cccnc1. The number of amides is 1. The highest BCUT2D eigenvalue weighted by atomic mass is 32.1. The van der Waals surface area contributed by atoms with E-state index in [1.54, 1.807) is 47.6 Å². The van der Waals surface area contributed by atoms with Crippen LogP contribution in [0.3, 0.4) is 0 Å². The summed E-state index contributed by atoms with van der Waals surface area (Å²) < 4.78 is 7.50. The summed E-state index contributed by atoms with van der Waals surface area (Å²) in [5, 5.41) is 12.2. The van der Waals surface area contributed by atoms with E-state index in [0.29, 0.717) is 33.6 Å². The summed E-state index contributed by atoms with van der Waals surface area (Å²) in [7, 11) is 1.76. The van der Waals surface area contributed by atoms with E-state index in [1.807, 2.05) is 30.7 Å². The third-order valence-electron chi connectivity index (χ3n) is 4.03. The molecule has 0 fully saturated rings. The fourth-order valence-corrected chi connectivity index (χ4v) is 4.38. The Kier molecular flexibility index (Phi) is 4.93. The second kappa shape index (κ2) is 7.53. The van der Waals surface area contributed by atoms with Crippen molar-refractivity contribution in [3.63, 3.8) is 0 Å². The molecule has 7 nitrogen and oxygen atoms in total. The van der Waals surface area contributed by atoms with Crippen LogP contribution in [0, 0.1) is 13.8 Å². The van der Waals surface area contributed by atoms with Crippen LogP contribution in [0.15, 0.2) is 41.4 Å². The Morgan fingerprint density at radius 1 is 1.25 bits per heavy atom. The third kappa shape index (κ3) is 3.54. The molecule has 0 aromatic carbocycles. The van der Waals surface area contributed by atoms with Gasteiger partial charge in [-0.2, -0.15) is 16.4 Å². The number of ether oxygens (including phenoxy) is 1. The number of pyridine rings is 1.